The number of aromatic carboxylic acids is 1. The monoisotopic (exact) mass is 276 g/mol. The van der Waals surface area contributed by atoms with E-state index < -0.39 is 5.97 Å². The molecule has 0 saturated carbocycles. The van der Waals surface area contributed by atoms with Gasteiger partial charge in [0.15, 0.2) is 0 Å². The largest absolute Gasteiger partial charge is 0.477 e. The van der Waals surface area contributed by atoms with Crippen LogP contribution >= 0.6 is 11.3 Å². The average Bonchev–Trinajstić information content (AvgIpc) is 2.79. The number of nitrogens with one attached hydrogen (secondary N) is 1. The number of pyridine rings is 1. The van der Waals surface area contributed by atoms with Gasteiger partial charge in [0.1, 0.15) is 4.88 Å². The first-order valence-electron chi connectivity index (χ1n) is 6.04. The molecule has 0 spiro atoms. The Hall–Kier alpha value is -1.72. The molecule has 0 aliphatic carbocycles. The molecule has 2 heterocycles. The Kier molecular flexibility index (Phi) is 4.29. The van der Waals surface area contributed by atoms with Gasteiger partial charge >= 0.3 is 5.97 Å². The van der Waals surface area contributed by atoms with Crippen molar-refractivity contribution in [2.45, 2.75) is 26.4 Å². The van der Waals surface area contributed by atoms with E-state index in [1.165, 1.54) is 16.9 Å². The molecule has 0 aromatic carbocycles. The predicted molar refractivity (Wildman–Crippen MR) is 75.5 cm³/mol. The van der Waals surface area contributed by atoms with Crippen LogP contribution in [0.4, 0.5) is 0 Å². The summed E-state index contributed by atoms with van der Waals surface area (Å²) in [7, 11) is 0. The van der Waals surface area contributed by atoms with Crippen LogP contribution in [0.3, 0.4) is 0 Å². The number of thiophene rings is 1. The van der Waals surface area contributed by atoms with E-state index >= 15 is 0 Å². The van der Waals surface area contributed by atoms with E-state index in [2.05, 4.69) is 17.2 Å². The maximum absolute atomic E-state index is 10.9. The number of carboxylic acids is 1. The zero-order valence-electron chi connectivity index (χ0n) is 10.9. The molecule has 4 nitrogen and oxygen atoms in total. The Morgan fingerprint density at radius 1 is 1.47 bits per heavy atom. The van der Waals surface area contributed by atoms with Gasteiger partial charge in [0.05, 0.1) is 0 Å². The molecule has 0 aliphatic rings. The molecule has 0 saturated heterocycles. The summed E-state index contributed by atoms with van der Waals surface area (Å²) in [5.41, 5.74) is 2.21. The van der Waals surface area contributed by atoms with Crippen LogP contribution in [0.1, 0.15) is 38.6 Å². The summed E-state index contributed by atoms with van der Waals surface area (Å²) < 4.78 is 0. The highest BCUT2D eigenvalue weighted by Gasteiger charge is 2.12. The third-order valence-electron chi connectivity index (χ3n) is 3.04. The lowest BCUT2D eigenvalue weighted by atomic mass is 10.1. The van der Waals surface area contributed by atoms with Gasteiger partial charge in [0.2, 0.25) is 0 Å². The smallest absolute Gasteiger partial charge is 0.345 e. The first kappa shape index (κ1) is 13.7. The van der Waals surface area contributed by atoms with Crippen molar-refractivity contribution in [3.05, 3.63) is 51.5 Å². The van der Waals surface area contributed by atoms with Crippen LogP contribution in [-0.2, 0) is 6.54 Å². The maximum atomic E-state index is 10.9. The molecule has 0 radical (unpaired) electrons. The normalized spacial score (nSPS) is 12.3. The van der Waals surface area contributed by atoms with E-state index in [0.717, 1.165) is 10.4 Å². The minimum atomic E-state index is -0.860. The van der Waals surface area contributed by atoms with Crippen molar-refractivity contribution in [3.8, 4) is 0 Å². The highest BCUT2D eigenvalue weighted by atomic mass is 32.1. The zero-order chi connectivity index (χ0) is 13.8. The fraction of sp³-hybridized carbons (Fsp3) is 0.286. The molecule has 5 heteroatoms. The molecule has 2 N–H and O–H groups in total. The van der Waals surface area contributed by atoms with Crippen molar-refractivity contribution in [1.29, 1.82) is 0 Å². The first-order valence-corrected chi connectivity index (χ1v) is 6.85. The molecule has 0 bridgehead atoms. The number of aryl methyl sites for hydroxylation is 1. The summed E-state index contributed by atoms with van der Waals surface area (Å²) in [4.78, 5) is 16.3. The second kappa shape index (κ2) is 5.95. The molecular weight excluding hydrogens is 260 g/mol. The highest BCUT2D eigenvalue weighted by Crippen LogP contribution is 2.22. The van der Waals surface area contributed by atoms with E-state index in [1.54, 1.807) is 18.5 Å². The van der Waals surface area contributed by atoms with E-state index in [9.17, 15) is 4.79 Å². The number of hydrogen-bond donors (Lipinski definition) is 2. The van der Waals surface area contributed by atoms with Crippen LogP contribution in [-0.4, -0.2) is 16.1 Å². The maximum Gasteiger partial charge on any atom is 0.345 e. The summed E-state index contributed by atoms with van der Waals surface area (Å²) in [5, 5.41) is 12.4. The molecule has 0 amide bonds. The topological polar surface area (TPSA) is 62.2 Å². The molecule has 0 aliphatic heterocycles. The highest BCUT2D eigenvalue weighted by molar-refractivity contribution is 7.14. The van der Waals surface area contributed by atoms with Gasteiger partial charge in [-0.05, 0) is 43.2 Å². The van der Waals surface area contributed by atoms with Crippen LogP contribution in [0.2, 0.25) is 0 Å². The second-order valence-corrected chi connectivity index (χ2v) is 5.64. The first-order chi connectivity index (χ1) is 9.08. The standard InChI is InChI=1S/C14H16N2O2S/c1-9(11-3-5-15-6-4-11)16-8-12-7-13(14(17)18)19-10(12)2/h3-7,9,16H,8H2,1-2H3,(H,17,18)/t9-/m0/s1. The third kappa shape index (κ3) is 3.39. The molecular formula is C14H16N2O2S. The van der Waals surface area contributed by atoms with Crippen molar-refractivity contribution >= 4 is 17.3 Å². The molecule has 2 aromatic heterocycles. The van der Waals surface area contributed by atoms with Gasteiger partial charge in [-0.25, -0.2) is 4.79 Å². The number of rotatable bonds is 5. The average molecular weight is 276 g/mol. The SMILES string of the molecule is Cc1sc(C(=O)O)cc1CN[C@@H](C)c1ccncc1. The third-order valence-corrected chi connectivity index (χ3v) is 4.12. The molecule has 2 rings (SSSR count). The quantitative estimate of drug-likeness (QED) is 0.881. The minimum Gasteiger partial charge on any atom is -0.477 e. The molecule has 100 valence electrons. The molecule has 19 heavy (non-hydrogen) atoms. The Morgan fingerprint density at radius 3 is 2.74 bits per heavy atom. The van der Waals surface area contributed by atoms with E-state index in [0.29, 0.717) is 11.4 Å². The fourth-order valence-electron chi connectivity index (χ4n) is 1.83. The minimum absolute atomic E-state index is 0.204. The Balaban J connectivity index is 2.01. The number of aromatic nitrogens is 1. The number of hydrogen-bond acceptors (Lipinski definition) is 4. The van der Waals surface area contributed by atoms with Crippen LogP contribution < -0.4 is 5.32 Å². The van der Waals surface area contributed by atoms with Crippen molar-refractivity contribution < 1.29 is 9.90 Å². The summed E-state index contributed by atoms with van der Waals surface area (Å²) in [6, 6.07) is 5.89. The summed E-state index contributed by atoms with van der Waals surface area (Å²) in [5.74, 6) is -0.860. The van der Waals surface area contributed by atoms with Crippen molar-refractivity contribution in [3.63, 3.8) is 0 Å². The Bertz CT molecular complexity index is 566. The van der Waals surface area contributed by atoms with Gasteiger partial charge in [-0.1, -0.05) is 0 Å². The van der Waals surface area contributed by atoms with E-state index in [-0.39, 0.29) is 6.04 Å². The lowest BCUT2D eigenvalue weighted by molar-refractivity contribution is 0.0702. The number of nitrogens with zero attached hydrogens (tertiary/aromatic N) is 1. The summed E-state index contributed by atoms with van der Waals surface area (Å²) >= 11 is 1.32. The van der Waals surface area contributed by atoms with Gasteiger partial charge in [-0.3, -0.25) is 4.98 Å². The van der Waals surface area contributed by atoms with Gasteiger partial charge in [-0.2, -0.15) is 0 Å². The van der Waals surface area contributed by atoms with E-state index in [1.807, 2.05) is 19.1 Å². The lowest BCUT2D eigenvalue weighted by Crippen LogP contribution is -2.18. The van der Waals surface area contributed by atoms with Crippen molar-refractivity contribution in [2.75, 3.05) is 0 Å². The number of carbonyl (C=O) groups is 1. The van der Waals surface area contributed by atoms with Gasteiger partial charge < -0.3 is 10.4 Å². The van der Waals surface area contributed by atoms with Gasteiger partial charge in [-0.15, -0.1) is 11.3 Å². The van der Waals surface area contributed by atoms with Crippen LogP contribution in [0, 0.1) is 6.92 Å². The lowest BCUT2D eigenvalue weighted by Gasteiger charge is -2.13. The van der Waals surface area contributed by atoms with Gasteiger partial charge in [0, 0.05) is 29.9 Å². The van der Waals surface area contributed by atoms with Crippen molar-refractivity contribution in [1.82, 2.24) is 10.3 Å². The van der Waals surface area contributed by atoms with Crippen LogP contribution in [0.5, 0.6) is 0 Å². The molecule has 0 fully saturated rings. The molecule has 0 unspecified atom stereocenters. The van der Waals surface area contributed by atoms with E-state index in [4.69, 9.17) is 5.11 Å². The fourth-order valence-corrected chi connectivity index (χ4v) is 2.71. The van der Waals surface area contributed by atoms with Gasteiger partial charge in [0.25, 0.3) is 0 Å². The molecule has 1 atom stereocenters. The number of carboxylic acid groups (broad SMARTS) is 1. The molecule has 2 aromatic rings. The predicted octanol–water partition coefficient (Wildman–Crippen LogP) is 3.00. The summed E-state index contributed by atoms with van der Waals surface area (Å²) in [6.45, 7) is 4.69. The van der Waals surface area contributed by atoms with Crippen LogP contribution in [0.15, 0.2) is 30.6 Å². The van der Waals surface area contributed by atoms with Crippen LogP contribution in [0.25, 0.3) is 0 Å². The zero-order valence-corrected chi connectivity index (χ0v) is 11.7. The second-order valence-electron chi connectivity index (χ2n) is 4.38. The van der Waals surface area contributed by atoms with Crippen molar-refractivity contribution in [2.24, 2.45) is 0 Å². The summed E-state index contributed by atoms with van der Waals surface area (Å²) in [6.07, 6.45) is 3.54. The Labute approximate surface area is 116 Å². The Morgan fingerprint density at radius 2 is 2.16 bits per heavy atom.